The normalized spacial score (nSPS) is 12.7. The minimum absolute atomic E-state index is 0.176. The molecule has 5 N–H and O–H groups in total. The summed E-state index contributed by atoms with van der Waals surface area (Å²) in [5.74, 6) is 1.03. The highest BCUT2D eigenvalue weighted by atomic mass is 32.1. The second-order valence-corrected chi connectivity index (χ2v) is 6.97. The molecule has 9 nitrogen and oxygen atoms in total. The Kier molecular flexibility index (Phi) is 8.54. The van der Waals surface area contributed by atoms with Gasteiger partial charge in [0.1, 0.15) is 11.6 Å². The van der Waals surface area contributed by atoms with E-state index in [2.05, 4.69) is 32.4 Å². The Balaban J connectivity index is 2.73. The van der Waals surface area contributed by atoms with E-state index in [1.807, 2.05) is 0 Å². The molecule has 0 aliphatic carbocycles. The van der Waals surface area contributed by atoms with Crippen LogP contribution in [0.4, 0.5) is 5.82 Å². The van der Waals surface area contributed by atoms with Crippen molar-refractivity contribution in [2.24, 2.45) is 0 Å². The first-order chi connectivity index (χ1) is 11.6. The molecular weight excluding hydrogens is 367 g/mol. The van der Waals surface area contributed by atoms with E-state index in [0.717, 1.165) is 0 Å². The number of hydrogen-bond donors (Lipinski definition) is 5. The SMILES string of the molecule is C/C(C(=O)NCc1cnc(C)nc1N)=C(/CCS)CCOP(=O)(O)O. The lowest BCUT2D eigenvalue weighted by atomic mass is 10.0. The standard InChI is InChI=1S/C14H23N4O5PS/c1-9(11(4-6-25)3-5-23-24(20,21)22)14(19)17-8-12-7-16-10(2)18-13(12)15/h7,25H,3-6,8H2,1-2H3,(H,17,19)(H2,15,16,18)(H2,20,21,22)/b11-9-. The molecule has 1 heterocycles. The molecule has 0 unspecified atom stereocenters. The Morgan fingerprint density at radius 3 is 2.68 bits per heavy atom. The number of phosphoric acid groups is 1. The van der Waals surface area contributed by atoms with E-state index in [9.17, 15) is 9.36 Å². The number of rotatable bonds is 9. The summed E-state index contributed by atoms with van der Waals surface area (Å²) >= 11 is 4.14. The zero-order valence-corrected chi connectivity index (χ0v) is 15.9. The number of nitrogens with one attached hydrogen (secondary N) is 1. The van der Waals surface area contributed by atoms with Crippen LogP contribution in [-0.2, 0) is 20.4 Å². The Hall–Kier alpha value is -1.45. The second-order valence-electron chi connectivity index (χ2n) is 5.29. The van der Waals surface area contributed by atoms with Gasteiger partial charge in [-0.1, -0.05) is 5.57 Å². The van der Waals surface area contributed by atoms with Crippen LogP contribution in [0.2, 0.25) is 0 Å². The molecule has 0 aliphatic rings. The number of phosphoric ester groups is 1. The van der Waals surface area contributed by atoms with E-state index in [-0.39, 0.29) is 25.5 Å². The van der Waals surface area contributed by atoms with E-state index < -0.39 is 7.82 Å². The third kappa shape index (κ3) is 7.98. The topological polar surface area (TPSA) is 148 Å². The summed E-state index contributed by atoms with van der Waals surface area (Å²) in [7, 11) is -4.53. The van der Waals surface area contributed by atoms with Crippen molar-refractivity contribution < 1.29 is 23.7 Å². The number of nitrogen functional groups attached to an aromatic ring is 1. The van der Waals surface area contributed by atoms with Crippen LogP contribution in [0.3, 0.4) is 0 Å². The maximum Gasteiger partial charge on any atom is 0.469 e. The average Bonchev–Trinajstić information content (AvgIpc) is 2.51. The highest BCUT2D eigenvalue weighted by molar-refractivity contribution is 7.80. The zero-order valence-electron chi connectivity index (χ0n) is 14.1. The first-order valence-corrected chi connectivity index (χ1v) is 9.66. The highest BCUT2D eigenvalue weighted by Crippen LogP contribution is 2.36. The van der Waals surface area contributed by atoms with Gasteiger partial charge in [0.2, 0.25) is 5.91 Å². The average molecular weight is 390 g/mol. The van der Waals surface area contributed by atoms with Crippen molar-refractivity contribution in [1.29, 1.82) is 0 Å². The molecule has 0 aliphatic heterocycles. The number of nitrogens with two attached hydrogens (primary N) is 1. The minimum Gasteiger partial charge on any atom is -0.383 e. The number of aryl methyl sites for hydroxylation is 1. The number of aromatic nitrogens is 2. The number of amides is 1. The molecule has 0 spiro atoms. The lowest BCUT2D eigenvalue weighted by molar-refractivity contribution is -0.117. The summed E-state index contributed by atoms with van der Waals surface area (Å²) in [5.41, 5.74) is 7.56. The largest absolute Gasteiger partial charge is 0.469 e. The lowest BCUT2D eigenvalue weighted by Crippen LogP contribution is -2.25. The Morgan fingerprint density at radius 2 is 2.12 bits per heavy atom. The molecule has 25 heavy (non-hydrogen) atoms. The molecule has 0 saturated heterocycles. The van der Waals surface area contributed by atoms with Crippen molar-refractivity contribution in [2.45, 2.75) is 33.2 Å². The Morgan fingerprint density at radius 1 is 1.44 bits per heavy atom. The van der Waals surface area contributed by atoms with Gasteiger partial charge in [-0.05, 0) is 32.4 Å². The van der Waals surface area contributed by atoms with Crippen LogP contribution in [0.25, 0.3) is 0 Å². The second kappa shape index (κ2) is 9.88. The van der Waals surface area contributed by atoms with Crippen LogP contribution in [0.5, 0.6) is 0 Å². The maximum atomic E-state index is 12.3. The molecular formula is C14H23N4O5PS. The Bertz CT molecular complexity index is 692. The van der Waals surface area contributed by atoms with E-state index in [1.165, 1.54) is 0 Å². The van der Waals surface area contributed by atoms with Crippen LogP contribution in [0, 0.1) is 6.92 Å². The quantitative estimate of drug-likeness (QED) is 0.239. The van der Waals surface area contributed by atoms with Crippen molar-refractivity contribution >= 4 is 32.2 Å². The molecule has 0 saturated carbocycles. The van der Waals surface area contributed by atoms with E-state index in [0.29, 0.717) is 40.5 Å². The molecule has 0 atom stereocenters. The summed E-state index contributed by atoms with van der Waals surface area (Å²) in [6, 6.07) is 0. The first-order valence-electron chi connectivity index (χ1n) is 7.49. The Labute approximate surface area is 151 Å². The summed E-state index contributed by atoms with van der Waals surface area (Å²) < 4.78 is 15.2. The number of carbonyl (C=O) groups excluding carboxylic acids is 1. The van der Waals surface area contributed by atoms with Crippen molar-refractivity contribution in [3.05, 3.63) is 28.7 Å². The summed E-state index contributed by atoms with van der Waals surface area (Å²) in [6.45, 7) is 3.35. The van der Waals surface area contributed by atoms with Crippen LogP contribution < -0.4 is 11.1 Å². The molecule has 1 aromatic heterocycles. The monoisotopic (exact) mass is 390 g/mol. The molecule has 0 radical (unpaired) electrons. The molecule has 0 bridgehead atoms. The first kappa shape index (κ1) is 21.6. The summed E-state index contributed by atoms with van der Waals surface area (Å²) in [4.78, 5) is 37.8. The van der Waals surface area contributed by atoms with Gasteiger partial charge in [-0.2, -0.15) is 12.6 Å². The molecule has 11 heteroatoms. The van der Waals surface area contributed by atoms with Gasteiger partial charge in [0.05, 0.1) is 6.61 Å². The predicted molar refractivity (Wildman–Crippen MR) is 96.8 cm³/mol. The molecule has 140 valence electrons. The van der Waals surface area contributed by atoms with E-state index in [4.69, 9.17) is 15.5 Å². The number of hydrogen-bond acceptors (Lipinski definition) is 7. The van der Waals surface area contributed by atoms with Gasteiger partial charge in [-0.3, -0.25) is 9.32 Å². The predicted octanol–water partition coefficient (Wildman–Crippen LogP) is 1.12. The third-order valence-electron chi connectivity index (χ3n) is 3.41. The van der Waals surface area contributed by atoms with Crippen molar-refractivity contribution in [3.63, 3.8) is 0 Å². The summed E-state index contributed by atoms with van der Waals surface area (Å²) in [6.07, 6.45) is 2.28. The van der Waals surface area contributed by atoms with Crippen molar-refractivity contribution in [3.8, 4) is 0 Å². The van der Waals surface area contributed by atoms with Gasteiger partial charge in [0.25, 0.3) is 0 Å². The summed E-state index contributed by atoms with van der Waals surface area (Å²) in [5, 5.41) is 2.73. The van der Waals surface area contributed by atoms with Gasteiger partial charge in [-0.15, -0.1) is 0 Å². The van der Waals surface area contributed by atoms with Gasteiger partial charge < -0.3 is 20.8 Å². The van der Waals surface area contributed by atoms with Crippen LogP contribution in [0.1, 0.15) is 31.2 Å². The van der Waals surface area contributed by atoms with Crippen LogP contribution in [-0.4, -0.2) is 38.0 Å². The zero-order chi connectivity index (χ0) is 19.0. The molecule has 1 aromatic rings. The molecule has 0 aromatic carbocycles. The minimum atomic E-state index is -4.53. The number of carbonyl (C=O) groups is 1. The third-order valence-corrected chi connectivity index (χ3v) is 4.15. The van der Waals surface area contributed by atoms with Crippen LogP contribution >= 0.6 is 20.5 Å². The molecule has 1 amide bonds. The highest BCUT2D eigenvalue weighted by Gasteiger charge is 2.16. The number of thiol groups is 1. The smallest absolute Gasteiger partial charge is 0.383 e. The fourth-order valence-electron chi connectivity index (χ4n) is 2.04. The fourth-order valence-corrected chi connectivity index (χ4v) is 2.64. The number of anilines is 1. The van der Waals surface area contributed by atoms with Gasteiger partial charge in [0.15, 0.2) is 0 Å². The van der Waals surface area contributed by atoms with E-state index in [1.54, 1.807) is 20.0 Å². The number of nitrogens with zero attached hydrogens (tertiary/aromatic N) is 2. The van der Waals surface area contributed by atoms with Crippen LogP contribution in [0.15, 0.2) is 17.3 Å². The maximum absolute atomic E-state index is 12.3. The van der Waals surface area contributed by atoms with Crippen molar-refractivity contribution in [1.82, 2.24) is 15.3 Å². The molecule has 1 rings (SSSR count). The van der Waals surface area contributed by atoms with Gasteiger partial charge >= 0.3 is 7.82 Å². The van der Waals surface area contributed by atoms with Crippen molar-refractivity contribution in [2.75, 3.05) is 18.1 Å². The van der Waals surface area contributed by atoms with Gasteiger partial charge in [0, 0.05) is 23.9 Å². The molecule has 0 fully saturated rings. The lowest BCUT2D eigenvalue weighted by Gasteiger charge is -2.13. The fraction of sp³-hybridized carbons (Fsp3) is 0.500. The van der Waals surface area contributed by atoms with Gasteiger partial charge in [-0.25, -0.2) is 14.5 Å². The van der Waals surface area contributed by atoms with E-state index >= 15 is 0 Å².